The van der Waals surface area contributed by atoms with Crippen LogP contribution in [-0.4, -0.2) is 9.83 Å². The summed E-state index contributed by atoms with van der Waals surface area (Å²) in [5.41, 5.74) is 0.801. The van der Waals surface area contributed by atoms with E-state index in [1.807, 2.05) is 0 Å². The number of aryl methyl sites for hydroxylation is 2. The predicted octanol–water partition coefficient (Wildman–Crippen LogP) is 5.25. The molecule has 0 radical (unpaired) electrons. The molecule has 0 spiro atoms. The highest BCUT2D eigenvalue weighted by molar-refractivity contribution is 8.05. The number of carbonyl (C=O) groups excluding carboxylic acids is 1. The fraction of sp³-hybridized carbons (Fsp3) is 0.214. The fourth-order valence-electron chi connectivity index (χ4n) is 1.83. The van der Waals surface area contributed by atoms with E-state index in [2.05, 4.69) is 0 Å². The van der Waals surface area contributed by atoms with Crippen LogP contribution in [0.4, 0.5) is 10.1 Å². The van der Waals surface area contributed by atoms with Gasteiger partial charge in [-0.1, -0.05) is 41.4 Å². The van der Waals surface area contributed by atoms with Gasteiger partial charge < -0.3 is 4.42 Å². The maximum Gasteiger partial charge on any atom is 0.324 e. The molecule has 0 aliphatic rings. The topological polar surface area (TPSA) is 33.5 Å². The van der Waals surface area contributed by atoms with Crippen LogP contribution in [0.3, 0.4) is 0 Å². The summed E-state index contributed by atoms with van der Waals surface area (Å²) in [5.74, 6) is 0.591. The molecule has 112 valence electrons. The lowest BCUT2D eigenvalue weighted by atomic mass is 10.2. The number of benzene rings is 1. The van der Waals surface area contributed by atoms with Crippen molar-refractivity contribution in [1.82, 2.24) is 0 Å². The Kier molecular flexibility index (Phi) is 4.86. The third-order valence-corrected chi connectivity index (χ3v) is 3.82. The quantitative estimate of drug-likeness (QED) is 0.559. The van der Waals surface area contributed by atoms with Crippen LogP contribution in [0.25, 0.3) is 0 Å². The van der Waals surface area contributed by atoms with Gasteiger partial charge in [0.25, 0.3) is 5.91 Å². The monoisotopic (exact) mass is 347 g/mol. The molecule has 3 nitrogen and oxygen atoms in total. The van der Waals surface area contributed by atoms with Gasteiger partial charge in [-0.05, 0) is 32.0 Å². The van der Waals surface area contributed by atoms with Crippen molar-refractivity contribution in [2.45, 2.75) is 17.8 Å². The second-order valence-electron chi connectivity index (χ2n) is 4.30. The van der Waals surface area contributed by atoms with E-state index in [1.165, 1.54) is 0 Å². The first-order valence-corrected chi connectivity index (χ1v) is 7.53. The predicted molar refractivity (Wildman–Crippen MR) is 84.6 cm³/mol. The highest BCUT2D eigenvalue weighted by atomic mass is 35.5. The Morgan fingerprint density at radius 3 is 2.38 bits per heavy atom. The van der Waals surface area contributed by atoms with Gasteiger partial charge >= 0.3 is 3.92 Å². The first kappa shape index (κ1) is 16.2. The normalized spacial score (nSPS) is 11.5. The lowest BCUT2D eigenvalue weighted by molar-refractivity contribution is 0.101. The number of furan rings is 1. The van der Waals surface area contributed by atoms with Crippen LogP contribution in [-0.2, 0) is 0 Å². The molecule has 1 aromatic heterocycles. The van der Waals surface area contributed by atoms with E-state index < -0.39 is 9.83 Å². The summed E-state index contributed by atoms with van der Waals surface area (Å²) < 4.78 is 17.4. The van der Waals surface area contributed by atoms with E-state index in [4.69, 9.17) is 27.6 Å². The van der Waals surface area contributed by atoms with Gasteiger partial charge in [0.2, 0.25) is 0 Å². The number of hydrogen-bond donors (Lipinski definition) is 0. The molecule has 0 atom stereocenters. The minimum Gasteiger partial charge on any atom is -0.466 e. The van der Waals surface area contributed by atoms with Crippen molar-refractivity contribution in [1.29, 1.82) is 0 Å². The van der Waals surface area contributed by atoms with Crippen molar-refractivity contribution in [3.8, 4) is 0 Å². The van der Waals surface area contributed by atoms with Gasteiger partial charge in [-0.25, -0.2) is 4.31 Å². The van der Waals surface area contributed by atoms with E-state index in [-0.39, 0.29) is 0 Å². The molecule has 1 heterocycles. The molecule has 0 aliphatic carbocycles. The molecule has 7 heteroatoms. The van der Waals surface area contributed by atoms with Gasteiger partial charge in [0.05, 0.1) is 11.3 Å². The van der Waals surface area contributed by atoms with Crippen molar-refractivity contribution in [2.75, 3.05) is 4.31 Å². The number of nitrogens with zero attached hydrogens (tertiary/aromatic N) is 1. The van der Waals surface area contributed by atoms with Crippen LogP contribution >= 0.6 is 35.1 Å². The summed E-state index contributed by atoms with van der Waals surface area (Å²) in [4.78, 5) is 12.6. The van der Waals surface area contributed by atoms with Crippen molar-refractivity contribution in [2.24, 2.45) is 0 Å². The molecule has 0 N–H and O–H groups in total. The molecule has 0 unspecified atom stereocenters. The van der Waals surface area contributed by atoms with Crippen molar-refractivity contribution in [3.05, 3.63) is 53.5 Å². The van der Waals surface area contributed by atoms with Crippen molar-refractivity contribution in [3.63, 3.8) is 0 Å². The van der Waals surface area contributed by atoms with Crippen LogP contribution in [0.1, 0.15) is 21.9 Å². The Bertz CT molecular complexity index is 640. The van der Waals surface area contributed by atoms with Gasteiger partial charge in [-0.3, -0.25) is 4.79 Å². The highest BCUT2D eigenvalue weighted by Gasteiger charge is 2.33. The van der Waals surface area contributed by atoms with E-state index >= 15 is 0 Å². The van der Waals surface area contributed by atoms with Gasteiger partial charge in [-0.2, -0.15) is 4.39 Å². The minimum atomic E-state index is -2.63. The van der Waals surface area contributed by atoms with Gasteiger partial charge in [0.1, 0.15) is 11.5 Å². The van der Waals surface area contributed by atoms with Crippen LogP contribution in [0.15, 0.2) is 40.8 Å². The highest BCUT2D eigenvalue weighted by Crippen LogP contribution is 2.41. The maximum absolute atomic E-state index is 13.6. The summed E-state index contributed by atoms with van der Waals surface area (Å²) in [5, 5.41) is 0. The standard InChI is InChI=1S/C14H12Cl2FNO2S/c1-9-8-12(10(2)20-9)13(19)18(21-14(15,16)17)11-6-4-3-5-7-11/h3-8H,1-2H3. The first-order chi connectivity index (χ1) is 9.78. The van der Waals surface area contributed by atoms with Crippen LogP contribution in [0.5, 0.6) is 0 Å². The fourth-order valence-corrected chi connectivity index (χ4v) is 2.86. The summed E-state index contributed by atoms with van der Waals surface area (Å²) in [6.07, 6.45) is 0. The molecule has 0 aliphatic heterocycles. The first-order valence-electron chi connectivity index (χ1n) is 6.00. The van der Waals surface area contributed by atoms with Crippen molar-refractivity contribution < 1.29 is 13.6 Å². The van der Waals surface area contributed by atoms with Crippen LogP contribution in [0.2, 0.25) is 0 Å². The lowest BCUT2D eigenvalue weighted by Gasteiger charge is -2.23. The molecular weight excluding hydrogens is 336 g/mol. The molecular formula is C14H12Cl2FNO2S. The second-order valence-corrected chi connectivity index (χ2v) is 7.09. The summed E-state index contributed by atoms with van der Waals surface area (Å²) in [6.45, 7) is 3.39. The number of carbonyl (C=O) groups is 1. The molecule has 2 aromatic rings. The largest absolute Gasteiger partial charge is 0.466 e. The maximum atomic E-state index is 13.6. The third-order valence-electron chi connectivity index (χ3n) is 2.64. The minimum absolute atomic E-state index is 0.335. The van der Waals surface area contributed by atoms with Gasteiger partial charge in [-0.15, -0.1) is 0 Å². The number of hydrogen-bond acceptors (Lipinski definition) is 3. The van der Waals surface area contributed by atoms with E-state index in [1.54, 1.807) is 50.2 Å². The number of rotatable bonds is 4. The molecule has 21 heavy (non-hydrogen) atoms. The zero-order valence-corrected chi connectivity index (χ0v) is 13.6. The average molecular weight is 348 g/mol. The van der Waals surface area contributed by atoms with E-state index in [9.17, 15) is 9.18 Å². The van der Waals surface area contributed by atoms with E-state index in [0.717, 1.165) is 4.31 Å². The Morgan fingerprint density at radius 2 is 1.90 bits per heavy atom. The molecule has 1 amide bonds. The Labute approximate surface area is 136 Å². The zero-order valence-electron chi connectivity index (χ0n) is 11.3. The molecule has 2 rings (SSSR count). The van der Waals surface area contributed by atoms with Gasteiger partial charge in [0, 0.05) is 11.9 Å². The number of anilines is 1. The summed E-state index contributed by atoms with van der Waals surface area (Å²) >= 11 is 11.2. The molecule has 0 saturated carbocycles. The second kappa shape index (κ2) is 6.30. The molecule has 1 aromatic carbocycles. The van der Waals surface area contributed by atoms with Crippen molar-refractivity contribution >= 4 is 46.7 Å². The zero-order chi connectivity index (χ0) is 15.6. The number of para-hydroxylation sites is 1. The Morgan fingerprint density at radius 1 is 1.29 bits per heavy atom. The number of amides is 1. The van der Waals surface area contributed by atoms with Crippen LogP contribution < -0.4 is 4.31 Å². The molecule has 0 bridgehead atoms. The Hall–Kier alpha value is -1.17. The number of halogens is 3. The summed E-state index contributed by atoms with van der Waals surface area (Å²) in [7, 11) is 0. The van der Waals surface area contributed by atoms with Gasteiger partial charge in [0.15, 0.2) is 0 Å². The lowest BCUT2D eigenvalue weighted by Crippen LogP contribution is -2.27. The third kappa shape index (κ3) is 4.15. The number of alkyl halides is 3. The molecule has 0 saturated heterocycles. The smallest absolute Gasteiger partial charge is 0.324 e. The van der Waals surface area contributed by atoms with Crippen LogP contribution in [0, 0.1) is 13.8 Å². The Balaban J connectivity index is 2.40. The molecule has 0 fully saturated rings. The average Bonchev–Trinajstić information content (AvgIpc) is 2.74. The summed E-state index contributed by atoms with van der Waals surface area (Å²) in [6, 6.07) is 10.2. The SMILES string of the molecule is Cc1cc(C(=O)N(SC(F)(Cl)Cl)c2ccccc2)c(C)o1. The van der Waals surface area contributed by atoms with E-state index in [0.29, 0.717) is 34.7 Å².